The predicted octanol–water partition coefficient (Wildman–Crippen LogP) is 2.39. The zero-order valence-electron chi connectivity index (χ0n) is 12.3. The molecule has 2 rings (SSSR count). The van der Waals surface area contributed by atoms with Gasteiger partial charge in [0.15, 0.2) is 0 Å². The van der Waals surface area contributed by atoms with Gasteiger partial charge in [-0.1, -0.05) is 6.07 Å². The first kappa shape index (κ1) is 15.4. The van der Waals surface area contributed by atoms with Crippen molar-refractivity contribution in [2.45, 2.75) is 13.8 Å². The Morgan fingerprint density at radius 1 is 1.05 bits per heavy atom. The highest BCUT2D eigenvalue weighted by Gasteiger charge is 2.09. The standard InChI is InChI=1S/C13H17N7O2/c1-3-14-11-17-12(15-4-2)19-13(18-11)16-9-6-5-7-10(8-9)20(21)22/h5-8H,3-4H2,1-2H3,(H3,14,15,16,17,18,19). The summed E-state index contributed by atoms with van der Waals surface area (Å²) in [4.78, 5) is 23.0. The molecule has 0 aliphatic rings. The third-order valence-corrected chi connectivity index (χ3v) is 2.62. The van der Waals surface area contributed by atoms with Crippen LogP contribution in [0.3, 0.4) is 0 Å². The summed E-state index contributed by atoms with van der Waals surface area (Å²) in [6.07, 6.45) is 0. The van der Waals surface area contributed by atoms with Gasteiger partial charge in [-0.25, -0.2) is 0 Å². The lowest BCUT2D eigenvalue weighted by Gasteiger charge is -2.09. The van der Waals surface area contributed by atoms with Crippen LogP contribution in [0.2, 0.25) is 0 Å². The zero-order valence-corrected chi connectivity index (χ0v) is 12.3. The lowest BCUT2D eigenvalue weighted by Crippen LogP contribution is -2.10. The van der Waals surface area contributed by atoms with Crippen molar-refractivity contribution in [2.24, 2.45) is 0 Å². The number of hydrogen-bond acceptors (Lipinski definition) is 8. The van der Waals surface area contributed by atoms with E-state index in [0.29, 0.717) is 36.6 Å². The molecular weight excluding hydrogens is 286 g/mol. The van der Waals surface area contributed by atoms with Crippen molar-refractivity contribution in [1.82, 2.24) is 15.0 Å². The van der Waals surface area contributed by atoms with Crippen LogP contribution in [0.5, 0.6) is 0 Å². The molecule has 0 bridgehead atoms. The Hall–Kier alpha value is -2.97. The smallest absolute Gasteiger partial charge is 0.271 e. The monoisotopic (exact) mass is 303 g/mol. The maximum atomic E-state index is 10.8. The number of non-ortho nitro benzene ring substituents is 1. The number of nitrogens with zero attached hydrogens (tertiary/aromatic N) is 4. The van der Waals surface area contributed by atoms with Gasteiger partial charge in [-0.05, 0) is 19.9 Å². The number of nitro groups is 1. The molecule has 9 nitrogen and oxygen atoms in total. The molecular formula is C13H17N7O2. The van der Waals surface area contributed by atoms with Crippen LogP contribution in [0, 0.1) is 10.1 Å². The number of rotatable bonds is 7. The van der Waals surface area contributed by atoms with Gasteiger partial charge in [-0.3, -0.25) is 10.1 Å². The maximum absolute atomic E-state index is 10.8. The van der Waals surface area contributed by atoms with Crippen molar-refractivity contribution in [2.75, 3.05) is 29.0 Å². The SMILES string of the molecule is CCNc1nc(NCC)nc(Nc2cccc([N+](=O)[O-])c2)n1. The predicted molar refractivity (Wildman–Crippen MR) is 84.5 cm³/mol. The summed E-state index contributed by atoms with van der Waals surface area (Å²) in [5, 5.41) is 19.8. The second kappa shape index (κ2) is 7.16. The molecule has 0 aliphatic heterocycles. The normalized spacial score (nSPS) is 10.1. The molecule has 0 aliphatic carbocycles. The van der Waals surface area contributed by atoms with E-state index in [0.717, 1.165) is 0 Å². The molecule has 0 amide bonds. The van der Waals surface area contributed by atoms with E-state index in [1.54, 1.807) is 12.1 Å². The Morgan fingerprint density at radius 3 is 2.18 bits per heavy atom. The van der Waals surface area contributed by atoms with Crippen molar-refractivity contribution in [3.63, 3.8) is 0 Å². The van der Waals surface area contributed by atoms with Gasteiger partial charge in [0.05, 0.1) is 4.92 Å². The molecule has 0 fully saturated rings. The summed E-state index contributed by atoms with van der Waals surface area (Å²) in [5.41, 5.74) is 0.531. The lowest BCUT2D eigenvalue weighted by molar-refractivity contribution is -0.384. The second-order valence-corrected chi connectivity index (χ2v) is 4.30. The van der Waals surface area contributed by atoms with Crippen molar-refractivity contribution in [1.29, 1.82) is 0 Å². The maximum Gasteiger partial charge on any atom is 0.271 e. The highest BCUT2D eigenvalue weighted by Crippen LogP contribution is 2.20. The summed E-state index contributed by atoms with van der Waals surface area (Å²) in [6.45, 7) is 5.21. The Labute approximate surface area is 127 Å². The second-order valence-electron chi connectivity index (χ2n) is 4.30. The van der Waals surface area contributed by atoms with Gasteiger partial charge >= 0.3 is 0 Å². The van der Waals surface area contributed by atoms with Crippen molar-refractivity contribution < 1.29 is 4.92 Å². The van der Waals surface area contributed by atoms with E-state index in [4.69, 9.17) is 0 Å². The van der Waals surface area contributed by atoms with Gasteiger partial charge < -0.3 is 16.0 Å². The Balaban J connectivity index is 2.27. The third-order valence-electron chi connectivity index (χ3n) is 2.62. The molecule has 0 atom stereocenters. The van der Waals surface area contributed by atoms with E-state index >= 15 is 0 Å². The van der Waals surface area contributed by atoms with Crippen molar-refractivity contribution in [3.05, 3.63) is 34.4 Å². The largest absolute Gasteiger partial charge is 0.354 e. The molecule has 0 saturated carbocycles. The van der Waals surface area contributed by atoms with Gasteiger partial charge in [0, 0.05) is 30.9 Å². The van der Waals surface area contributed by atoms with E-state index < -0.39 is 4.92 Å². The van der Waals surface area contributed by atoms with Crippen LogP contribution in [0.15, 0.2) is 24.3 Å². The van der Waals surface area contributed by atoms with Crippen LogP contribution in [0.25, 0.3) is 0 Å². The summed E-state index contributed by atoms with van der Waals surface area (Å²) >= 11 is 0. The van der Waals surface area contributed by atoms with Gasteiger partial charge in [-0.15, -0.1) is 0 Å². The van der Waals surface area contributed by atoms with E-state index in [-0.39, 0.29) is 5.69 Å². The summed E-state index contributed by atoms with van der Waals surface area (Å²) in [5.74, 6) is 1.17. The number of benzene rings is 1. The third kappa shape index (κ3) is 4.01. The minimum Gasteiger partial charge on any atom is -0.354 e. The van der Waals surface area contributed by atoms with E-state index in [1.165, 1.54) is 12.1 Å². The highest BCUT2D eigenvalue weighted by atomic mass is 16.6. The number of nitrogens with one attached hydrogen (secondary N) is 3. The molecule has 0 radical (unpaired) electrons. The molecule has 3 N–H and O–H groups in total. The summed E-state index contributed by atoms with van der Waals surface area (Å²) in [6, 6.07) is 6.14. The Morgan fingerprint density at radius 2 is 1.64 bits per heavy atom. The lowest BCUT2D eigenvalue weighted by atomic mass is 10.3. The molecule has 116 valence electrons. The van der Waals surface area contributed by atoms with E-state index in [9.17, 15) is 10.1 Å². The van der Waals surface area contributed by atoms with Crippen LogP contribution in [0.4, 0.5) is 29.2 Å². The summed E-state index contributed by atoms with van der Waals surface area (Å²) in [7, 11) is 0. The fourth-order valence-electron chi connectivity index (χ4n) is 1.73. The molecule has 2 aromatic rings. The molecule has 0 saturated heterocycles. The van der Waals surface area contributed by atoms with Crippen LogP contribution in [0.1, 0.15) is 13.8 Å². The fraction of sp³-hybridized carbons (Fsp3) is 0.308. The first-order valence-corrected chi connectivity index (χ1v) is 6.87. The molecule has 22 heavy (non-hydrogen) atoms. The number of anilines is 4. The Bertz CT molecular complexity index is 638. The van der Waals surface area contributed by atoms with Crippen LogP contribution < -0.4 is 16.0 Å². The Kier molecular flexibility index (Phi) is 5.02. The first-order chi connectivity index (χ1) is 10.6. The zero-order chi connectivity index (χ0) is 15.9. The number of hydrogen-bond donors (Lipinski definition) is 3. The molecule has 1 aromatic carbocycles. The van der Waals surface area contributed by atoms with Gasteiger partial charge in [0.2, 0.25) is 17.8 Å². The molecule has 1 aromatic heterocycles. The quantitative estimate of drug-likeness (QED) is 0.527. The van der Waals surface area contributed by atoms with Crippen LogP contribution in [-0.4, -0.2) is 33.0 Å². The average Bonchev–Trinajstić information content (AvgIpc) is 2.48. The van der Waals surface area contributed by atoms with Crippen molar-refractivity contribution >= 4 is 29.2 Å². The molecule has 1 heterocycles. The molecule has 0 unspecified atom stereocenters. The van der Waals surface area contributed by atoms with Crippen molar-refractivity contribution in [3.8, 4) is 0 Å². The number of aromatic nitrogens is 3. The fourth-order valence-corrected chi connectivity index (χ4v) is 1.73. The van der Waals surface area contributed by atoms with E-state index in [2.05, 4.69) is 30.9 Å². The minimum absolute atomic E-state index is 0.00197. The van der Waals surface area contributed by atoms with E-state index in [1.807, 2.05) is 13.8 Å². The van der Waals surface area contributed by atoms with Crippen LogP contribution in [-0.2, 0) is 0 Å². The van der Waals surface area contributed by atoms with Gasteiger partial charge in [0.1, 0.15) is 0 Å². The topological polar surface area (TPSA) is 118 Å². The first-order valence-electron chi connectivity index (χ1n) is 6.87. The van der Waals surface area contributed by atoms with Gasteiger partial charge in [0.25, 0.3) is 5.69 Å². The molecule has 9 heteroatoms. The molecule has 0 spiro atoms. The average molecular weight is 303 g/mol. The summed E-state index contributed by atoms with van der Waals surface area (Å²) < 4.78 is 0. The minimum atomic E-state index is -0.452. The number of nitro benzene ring substituents is 1. The highest BCUT2D eigenvalue weighted by molar-refractivity contribution is 5.59. The van der Waals surface area contributed by atoms with Crippen LogP contribution >= 0.6 is 0 Å². The van der Waals surface area contributed by atoms with Gasteiger partial charge in [-0.2, -0.15) is 15.0 Å².